The largest absolute Gasteiger partial charge is 0.392 e. The van der Waals surface area contributed by atoms with Crippen molar-refractivity contribution in [3.05, 3.63) is 12.2 Å². The monoisotopic (exact) mass is 183 g/mol. The van der Waals surface area contributed by atoms with Crippen molar-refractivity contribution in [3.8, 4) is 0 Å². The van der Waals surface area contributed by atoms with E-state index < -0.39 is 6.10 Å². The Kier molecular flexibility index (Phi) is 3.96. The van der Waals surface area contributed by atoms with Crippen LogP contribution in [0.2, 0.25) is 0 Å². The van der Waals surface area contributed by atoms with Gasteiger partial charge in [-0.3, -0.25) is 4.79 Å². The number of hydrogen-bond donors (Lipinski definition) is 2. The summed E-state index contributed by atoms with van der Waals surface area (Å²) < 4.78 is 0. The first-order valence-corrected chi connectivity index (χ1v) is 4.80. The number of carbonyl (C=O) groups is 1. The Labute approximate surface area is 78.8 Å². The molecule has 0 heterocycles. The molecule has 3 nitrogen and oxygen atoms in total. The fourth-order valence-electron chi connectivity index (χ4n) is 1.44. The highest BCUT2D eigenvalue weighted by Gasteiger charge is 2.13. The summed E-state index contributed by atoms with van der Waals surface area (Å²) in [4.78, 5) is 11.2. The Bertz CT molecular complexity index is 199. The first-order valence-electron chi connectivity index (χ1n) is 4.80. The van der Waals surface area contributed by atoms with Gasteiger partial charge in [0.05, 0.1) is 6.10 Å². The highest BCUT2D eigenvalue weighted by molar-refractivity contribution is 5.76. The zero-order chi connectivity index (χ0) is 9.68. The lowest BCUT2D eigenvalue weighted by Gasteiger charge is -2.09. The normalized spacial score (nSPS) is 23.1. The molecule has 0 radical (unpaired) electrons. The molecule has 0 spiro atoms. The molecule has 0 aliphatic heterocycles. The number of amides is 1. The van der Waals surface area contributed by atoms with E-state index in [1.165, 1.54) is 0 Å². The third kappa shape index (κ3) is 4.08. The molecule has 2 atom stereocenters. The number of carbonyl (C=O) groups excluding carboxylic acids is 1. The molecular weight excluding hydrogens is 166 g/mol. The van der Waals surface area contributed by atoms with Gasteiger partial charge in [-0.25, -0.2) is 0 Å². The number of aliphatic hydroxyl groups excluding tert-OH is 1. The predicted octanol–water partition coefficient (Wildman–Crippen LogP) is 0.840. The molecule has 0 aromatic carbocycles. The Morgan fingerprint density at radius 2 is 2.54 bits per heavy atom. The predicted molar refractivity (Wildman–Crippen MR) is 51.2 cm³/mol. The zero-order valence-corrected chi connectivity index (χ0v) is 7.99. The van der Waals surface area contributed by atoms with Gasteiger partial charge < -0.3 is 10.4 Å². The number of hydrogen-bond acceptors (Lipinski definition) is 2. The van der Waals surface area contributed by atoms with Crippen molar-refractivity contribution in [1.82, 2.24) is 5.32 Å². The zero-order valence-electron chi connectivity index (χ0n) is 7.99. The molecule has 0 aromatic heterocycles. The van der Waals surface area contributed by atoms with Crippen molar-refractivity contribution in [2.24, 2.45) is 5.92 Å². The van der Waals surface area contributed by atoms with Gasteiger partial charge in [0.1, 0.15) is 0 Å². The lowest BCUT2D eigenvalue weighted by atomic mass is 10.1. The van der Waals surface area contributed by atoms with Gasteiger partial charge >= 0.3 is 0 Å². The fourth-order valence-corrected chi connectivity index (χ4v) is 1.44. The van der Waals surface area contributed by atoms with Crippen molar-refractivity contribution in [2.75, 3.05) is 6.54 Å². The molecule has 0 aromatic rings. The summed E-state index contributed by atoms with van der Waals surface area (Å²) in [5.41, 5.74) is 0. The van der Waals surface area contributed by atoms with E-state index >= 15 is 0 Å². The average molecular weight is 183 g/mol. The molecule has 0 fully saturated rings. The molecule has 3 heteroatoms. The molecule has 1 amide bonds. The van der Waals surface area contributed by atoms with Gasteiger partial charge in [0.15, 0.2) is 0 Å². The third-order valence-electron chi connectivity index (χ3n) is 2.15. The SMILES string of the molecule is C[C@@H](O)CNC(=O)CC1C=CCC1. The highest BCUT2D eigenvalue weighted by atomic mass is 16.3. The molecule has 13 heavy (non-hydrogen) atoms. The summed E-state index contributed by atoms with van der Waals surface area (Å²) in [7, 11) is 0. The summed E-state index contributed by atoms with van der Waals surface area (Å²) in [6.07, 6.45) is 6.50. The second-order valence-electron chi connectivity index (χ2n) is 3.62. The summed E-state index contributed by atoms with van der Waals surface area (Å²) in [5, 5.41) is 11.6. The van der Waals surface area contributed by atoms with Crippen LogP contribution in [0.25, 0.3) is 0 Å². The Hall–Kier alpha value is -0.830. The van der Waals surface area contributed by atoms with Crippen LogP contribution in [-0.2, 0) is 4.79 Å². The molecule has 1 aliphatic carbocycles. The van der Waals surface area contributed by atoms with Gasteiger partial charge in [-0.05, 0) is 25.7 Å². The quantitative estimate of drug-likeness (QED) is 0.634. The summed E-state index contributed by atoms with van der Waals surface area (Å²) in [5.74, 6) is 0.450. The summed E-state index contributed by atoms with van der Waals surface area (Å²) in [6, 6.07) is 0. The van der Waals surface area contributed by atoms with E-state index in [0.29, 0.717) is 18.9 Å². The van der Waals surface area contributed by atoms with Gasteiger partial charge in [0.25, 0.3) is 0 Å². The van der Waals surface area contributed by atoms with Crippen LogP contribution in [0.4, 0.5) is 0 Å². The molecule has 1 rings (SSSR count). The van der Waals surface area contributed by atoms with Gasteiger partial charge in [0, 0.05) is 13.0 Å². The van der Waals surface area contributed by atoms with Crippen LogP contribution in [0.5, 0.6) is 0 Å². The van der Waals surface area contributed by atoms with E-state index in [0.717, 1.165) is 12.8 Å². The third-order valence-corrected chi connectivity index (χ3v) is 2.15. The maximum absolute atomic E-state index is 11.2. The number of aliphatic hydroxyl groups is 1. The minimum absolute atomic E-state index is 0.0393. The molecule has 1 unspecified atom stereocenters. The van der Waals surface area contributed by atoms with Crippen molar-refractivity contribution in [3.63, 3.8) is 0 Å². The average Bonchev–Trinajstić information content (AvgIpc) is 2.53. The van der Waals surface area contributed by atoms with E-state index in [4.69, 9.17) is 5.11 Å². The molecule has 0 bridgehead atoms. The standard InChI is InChI=1S/C10H17NO2/c1-8(12)7-11-10(13)6-9-4-2-3-5-9/h2,4,8-9,12H,3,5-7H2,1H3,(H,11,13)/t8-,9?/m1/s1. The summed E-state index contributed by atoms with van der Waals surface area (Å²) in [6.45, 7) is 2.02. The van der Waals surface area contributed by atoms with Crippen LogP contribution in [0.3, 0.4) is 0 Å². The number of nitrogens with one attached hydrogen (secondary N) is 1. The fraction of sp³-hybridized carbons (Fsp3) is 0.700. The molecule has 2 N–H and O–H groups in total. The lowest BCUT2D eigenvalue weighted by Crippen LogP contribution is -2.31. The van der Waals surface area contributed by atoms with Crippen molar-refractivity contribution < 1.29 is 9.90 Å². The molecule has 74 valence electrons. The van der Waals surface area contributed by atoms with E-state index in [2.05, 4.69) is 17.5 Å². The molecular formula is C10H17NO2. The van der Waals surface area contributed by atoms with Crippen LogP contribution in [0, 0.1) is 5.92 Å². The molecule has 1 aliphatic rings. The first-order chi connectivity index (χ1) is 6.18. The van der Waals surface area contributed by atoms with E-state index in [1.54, 1.807) is 6.92 Å². The molecule has 0 saturated heterocycles. The number of rotatable bonds is 4. The van der Waals surface area contributed by atoms with E-state index in [9.17, 15) is 4.79 Å². The number of allylic oxidation sites excluding steroid dienone is 2. The van der Waals surface area contributed by atoms with Gasteiger partial charge in [-0.1, -0.05) is 12.2 Å². The van der Waals surface area contributed by atoms with Crippen LogP contribution >= 0.6 is 0 Å². The van der Waals surface area contributed by atoms with Crippen LogP contribution in [0.1, 0.15) is 26.2 Å². The Balaban J connectivity index is 2.13. The van der Waals surface area contributed by atoms with Gasteiger partial charge in [-0.2, -0.15) is 0 Å². The van der Waals surface area contributed by atoms with Gasteiger partial charge in [0.2, 0.25) is 5.91 Å². The van der Waals surface area contributed by atoms with Crippen molar-refractivity contribution in [1.29, 1.82) is 0 Å². The maximum Gasteiger partial charge on any atom is 0.220 e. The first kappa shape index (κ1) is 10.3. The molecule has 0 saturated carbocycles. The van der Waals surface area contributed by atoms with E-state index in [1.807, 2.05) is 0 Å². The minimum Gasteiger partial charge on any atom is -0.392 e. The lowest BCUT2D eigenvalue weighted by molar-refractivity contribution is -0.122. The van der Waals surface area contributed by atoms with Crippen LogP contribution < -0.4 is 5.32 Å². The Morgan fingerprint density at radius 3 is 3.08 bits per heavy atom. The highest BCUT2D eigenvalue weighted by Crippen LogP contribution is 2.19. The summed E-state index contributed by atoms with van der Waals surface area (Å²) >= 11 is 0. The second kappa shape index (κ2) is 5.02. The maximum atomic E-state index is 11.2. The minimum atomic E-state index is -0.455. The topological polar surface area (TPSA) is 49.3 Å². The van der Waals surface area contributed by atoms with Crippen LogP contribution in [-0.4, -0.2) is 23.7 Å². The van der Waals surface area contributed by atoms with Crippen LogP contribution in [0.15, 0.2) is 12.2 Å². The van der Waals surface area contributed by atoms with E-state index in [-0.39, 0.29) is 5.91 Å². The van der Waals surface area contributed by atoms with Crippen molar-refractivity contribution >= 4 is 5.91 Å². The second-order valence-corrected chi connectivity index (χ2v) is 3.62. The van der Waals surface area contributed by atoms with Crippen molar-refractivity contribution in [2.45, 2.75) is 32.3 Å². The smallest absolute Gasteiger partial charge is 0.220 e. The Morgan fingerprint density at radius 1 is 1.77 bits per heavy atom. The van der Waals surface area contributed by atoms with Gasteiger partial charge in [-0.15, -0.1) is 0 Å².